The van der Waals surface area contributed by atoms with Crippen LogP contribution < -0.4 is 10.2 Å². The van der Waals surface area contributed by atoms with Crippen molar-refractivity contribution in [2.75, 3.05) is 0 Å². The van der Waals surface area contributed by atoms with E-state index in [-0.39, 0.29) is 62.2 Å². The number of rotatable bonds is 0. The Bertz CT molecular complexity index is 33.8. The number of hydrogen-bond acceptors (Lipinski definition) is 3. The standard InChI is InChI=1S/CH2O3.Ca.Sb/c2-1(3)4;;/h(H2,2,3,4);;/q;+2;+3/p-2. The van der Waals surface area contributed by atoms with Gasteiger partial charge in [0.1, 0.15) is 0 Å². The zero-order valence-corrected chi connectivity index (χ0v) is 7.64. The molecule has 0 bridgehead atoms. The zero-order chi connectivity index (χ0) is 3.58. The van der Waals surface area contributed by atoms with Crippen LogP contribution in [0, 0.1) is 0 Å². The molecule has 0 aromatic heterocycles. The summed E-state index contributed by atoms with van der Waals surface area (Å²) in [6.45, 7) is 0. The van der Waals surface area contributed by atoms with Crippen LogP contribution in [0.1, 0.15) is 0 Å². The molecule has 0 saturated heterocycles. The molecule has 0 fully saturated rings. The molecule has 5 heteroatoms. The van der Waals surface area contributed by atoms with E-state index in [0.717, 1.165) is 0 Å². The summed E-state index contributed by atoms with van der Waals surface area (Å²) in [5.41, 5.74) is 0. The number of carbonyl (C=O) groups excluding carboxylic acids is 1. The third-order valence-corrected chi connectivity index (χ3v) is 0. The minimum atomic E-state index is -2.33. The van der Waals surface area contributed by atoms with E-state index in [1.54, 1.807) is 0 Å². The molecule has 0 aliphatic carbocycles. The van der Waals surface area contributed by atoms with Crippen LogP contribution >= 0.6 is 0 Å². The summed E-state index contributed by atoms with van der Waals surface area (Å²) in [7, 11) is 0. The molecule has 0 aromatic rings. The molecule has 0 N–H and O–H groups in total. The van der Waals surface area contributed by atoms with Crippen LogP contribution in [0.2, 0.25) is 0 Å². The van der Waals surface area contributed by atoms with E-state index >= 15 is 0 Å². The van der Waals surface area contributed by atoms with E-state index in [0.29, 0.717) is 0 Å². The van der Waals surface area contributed by atoms with Crippen LogP contribution in [0.25, 0.3) is 0 Å². The van der Waals surface area contributed by atoms with Crippen molar-refractivity contribution in [2.24, 2.45) is 0 Å². The summed E-state index contributed by atoms with van der Waals surface area (Å²) in [5.74, 6) is 0. The number of carboxylic acid groups (broad SMARTS) is 2. The van der Waals surface area contributed by atoms with Crippen molar-refractivity contribution >= 4 is 68.3 Å². The molecule has 0 rings (SSSR count). The van der Waals surface area contributed by atoms with Crippen molar-refractivity contribution in [3.63, 3.8) is 0 Å². The summed E-state index contributed by atoms with van der Waals surface area (Å²) in [5, 5.41) is 16.7. The van der Waals surface area contributed by atoms with Crippen LogP contribution in [0.3, 0.4) is 0 Å². The van der Waals surface area contributed by atoms with E-state index in [9.17, 15) is 0 Å². The van der Waals surface area contributed by atoms with E-state index in [2.05, 4.69) is 0 Å². The molecule has 0 aliphatic heterocycles. The third-order valence-electron chi connectivity index (χ3n) is 0. The largest absolute Gasteiger partial charge is 3.00 e. The van der Waals surface area contributed by atoms with Gasteiger partial charge in [-0.1, -0.05) is 0 Å². The first kappa shape index (κ1) is 15.7. The Morgan fingerprint density at radius 3 is 1.33 bits per heavy atom. The fraction of sp³-hybridized carbons (Fsp3) is 0. The average molecular weight is 222 g/mol. The molecule has 0 heterocycles. The van der Waals surface area contributed by atoms with E-state index in [1.807, 2.05) is 0 Å². The summed E-state index contributed by atoms with van der Waals surface area (Å²) in [6, 6.07) is 0. The monoisotopic (exact) mass is 221 g/mol. The molecule has 3 nitrogen and oxygen atoms in total. The zero-order valence-electron chi connectivity index (χ0n) is 2.88. The van der Waals surface area contributed by atoms with Crippen molar-refractivity contribution in [3.8, 4) is 0 Å². The second-order valence-corrected chi connectivity index (χ2v) is 0.250. The molecule has 0 aliphatic rings. The molecule has 26 valence electrons. The molecular formula is CCaO3Sb+3. The van der Waals surface area contributed by atoms with Crippen LogP contribution in [0.15, 0.2) is 0 Å². The Morgan fingerprint density at radius 2 is 1.33 bits per heavy atom. The van der Waals surface area contributed by atoms with Gasteiger partial charge in [0.2, 0.25) is 0 Å². The Balaban J connectivity index is -0.0000000450. The molecule has 6 heavy (non-hydrogen) atoms. The fourth-order valence-electron chi connectivity index (χ4n) is 0. The van der Waals surface area contributed by atoms with Gasteiger partial charge in [-0.2, -0.15) is 0 Å². The van der Waals surface area contributed by atoms with Gasteiger partial charge < -0.3 is 15.0 Å². The Hall–Kier alpha value is 1.35. The third kappa shape index (κ3) is 55.6. The van der Waals surface area contributed by atoms with Gasteiger partial charge in [-0.05, 0) is 6.16 Å². The first-order valence-electron chi connectivity index (χ1n) is 0.612. The first-order chi connectivity index (χ1) is 1.73. The summed E-state index contributed by atoms with van der Waals surface area (Å²) < 4.78 is 0. The topological polar surface area (TPSA) is 63.2 Å². The Labute approximate surface area is 82.2 Å². The van der Waals surface area contributed by atoms with Gasteiger partial charge in [-0.3, -0.25) is 0 Å². The predicted molar refractivity (Wildman–Crippen MR) is 16.9 cm³/mol. The Kier molecular flexibility index (Phi) is 25.1. The van der Waals surface area contributed by atoms with Crippen molar-refractivity contribution < 1.29 is 15.0 Å². The maximum absolute atomic E-state index is 8.33. The van der Waals surface area contributed by atoms with Gasteiger partial charge in [-0.15, -0.1) is 0 Å². The van der Waals surface area contributed by atoms with Crippen molar-refractivity contribution in [2.45, 2.75) is 0 Å². The molecule has 0 unspecified atom stereocenters. The quantitative estimate of drug-likeness (QED) is 0.405. The summed E-state index contributed by atoms with van der Waals surface area (Å²) in [6.07, 6.45) is -2.33. The van der Waals surface area contributed by atoms with Crippen molar-refractivity contribution in [3.05, 3.63) is 0 Å². The fourth-order valence-corrected chi connectivity index (χ4v) is 0. The van der Waals surface area contributed by atoms with Gasteiger partial charge in [0.25, 0.3) is 0 Å². The smallest absolute Gasteiger partial charge is 0.652 e. The first-order valence-corrected chi connectivity index (χ1v) is 0.612. The van der Waals surface area contributed by atoms with E-state index in [1.165, 1.54) is 0 Å². The van der Waals surface area contributed by atoms with Crippen molar-refractivity contribution in [1.82, 2.24) is 0 Å². The minimum Gasteiger partial charge on any atom is -0.652 e. The minimum absolute atomic E-state index is 0. The van der Waals surface area contributed by atoms with Gasteiger partial charge in [0, 0.05) is 0 Å². The number of hydrogen-bond donors (Lipinski definition) is 0. The maximum atomic E-state index is 8.33. The molecule has 0 spiro atoms. The molecule has 0 aromatic carbocycles. The normalized spacial score (nSPS) is 4.00. The SMILES string of the molecule is O=C([O-])[O-].[Ca+2].[Sb+3]. The van der Waals surface area contributed by atoms with Gasteiger partial charge >= 0.3 is 62.2 Å². The summed E-state index contributed by atoms with van der Waals surface area (Å²) >= 11 is 0. The van der Waals surface area contributed by atoms with Gasteiger partial charge in [-0.25, -0.2) is 0 Å². The van der Waals surface area contributed by atoms with Crippen LogP contribution in [-0.4, -0.2) is 68.3 Å². The van der Waals surface area contributed by atoms with Crippen LogP contribution in [-0.2, 0) is 0 Å². The molecule has 0 amide bonds. The summed E-state index contributed by atoms with van der Waals surface area (Å²) in [4.78, 5) is 8.33. The Morgan fingerprint density at radius 1 is 1.33 bits per heavy atom. The molecule has 0 atom stereocenters. The number of carbonyl (C=O) groups is 1. The van der Waals surface area contributed by atoms with Crippen LogP contribution in [0.4, 0.5) is 4.79 Å². The maximum Gasteiger partial charge on any atom is 3.00 e. The van der Waals surface area contributed by atoms with Gasteiger partial charge in [0.05, 0.1) is 0 Å². The average Bonchev–Trinajstić information content (AvgIpc) is 0.811. The molecule has 2 radical (unpaired) electrons. The van der Waals surface area contributed by atoms with E-state index in [4.69, 9.17) is 15.0 Å². The molecule has 0 saturated carbocycles. The molecular weight excluding hydrogens is 222 g/mol. The second kappa shape index (κ2) is 9.60. The predicted octanol–water partition coefficient (Wildman–Crippen LogP) is -3.21. The second-order valence-electron chi connectivity index (χ2n) is 0.250. The van der Waals surface area contributed by atoms with E-state index < -0.39 is 6.16 Å². The van der Waals surface area contributed by atoms with Gasteiger partial charge in [0.15, 0.2) is 0 Å². The van der Waals surface area contributed by atoms with Crippen molar-refractivity contribution in [1.29, 1.82) is 0 Å². The van der Waals surface area contributed by atoms with Crippen LogP contribution in [0.5, 0.6) is 0 Å².